The van der Waals surface area contributed by atoms with Gasteiger partial charge in [0.25, 0.3) is 5.69 Å². The van der Waals surface area contributed by atoms with Crippen LogP contribution >= 0.6 is 31.9 Å². The van der Waals surface area contributed by atoms with E-state index in [1.165, 1.54) is 41.3 Å². The van der Waals surface area contributed by atoms with Crippen LogP contribution in [0.3, 0.4) is 0 Å². The molecule has 1 aliphatic carbocycles. The third kappa shape index (κ3) is 5.74. The van der Waals surface area contributed by atoms with Crippen molar-refractivity contribution in [3.8, 4) is 11.5 Å². The van der Waals surface area contributed by atoms with Crippen LogP contribution in [-0.2, 0) is 20.9 Å². The Hall–Kier alpha value is -3.57. The van der Waals surface area contributed by atoms with Crippen molar-refractivity contribution in [3.63, 3.8) is 0 Å². The molecule has 11 heteroatoms. The third-order valence-corrected chi connectivity index (χ3v) is 9.56. The number of alkyl halides is 2. The number of carbonyl (C=O) groups excluding carboxylic acids is 3. The molecular weight excluding hydrogens is 636 g/mol. The number of nitro groups is 1. The largest absolute Gasteiger partial charge is 0.457 e. The lowest BCUT2D eigenvalue weighted by atomic mass is 9.81. The van der Waals surface area contributed by atoms with Crippen LogP contribution in [0.15, 0.2) is 72.8 Å². The minimum Gasteiger partial charge on any atom is -0.457 e. The summed E-state index contributed by atoms with van der Waals surface area (Å²) in [5.74, 6) is -0.746. The lowest BCUT2D eigenvalue weighted by Gasteiger charge is -2.29. The Bertz CT molecular complexity index is 1400. The van der Waals surface area contributed by atoms with E-state index in [0.29, 0.717) is 35.6 Å². The number of nitrogens with zero attached hydrogens (tertiary/aromatic N) is 2. The Labute approximate surface area is 240 Å². The highest BCUT2D eigenvalue weighted by molar-refractivity contribution is 9.12. The molecule has 1 aliphatic heterocycles. The topological polar surface area (TPSA) is 116 Å². The molecule has 2 fully saturated rings. The van der Waals surface area contributed by atoms with Crippen molar-refractivity contribution in [2.24, 2.45) is 11.8 Å². The number of imide groups is 1. The quantitative estimate of drug-likeness (QED) is 0.0981. The standard InChI is InChI=1S/C28H22Br2N2O7/c29-24-13-22-23(14-25(24)30)27(34)31(26(22)33)18-6-4-17(5-7-18)28(35)38-15-16-2-1-3-21(12-16)39-20-10-8-19(9-11-20)32(36)37/h1-12,22-25H,13-15H2/t22-,23+,24+,25-. The minimum absolute atomic E-state index is 0.00801. The number of ether oxygens (including phenoxy) is 2. The van der Waals surface area contributed by atoms with Crippen LogP contribution in [0.4, 0.5) is 11.4 Å². The number of anilines is 1. The van der Waals surface area contributed by atoms with Gasteiger partial charge in [0.2, 0.25) is 11.8 Å². The zero-order valence-electron chi connectivity index (χ0n) is 20.4. The van der Waals surface area contributed by atoms with E-state index in [9.17, 15) is 24.5 Å². The molecule has 0 N–H and O–H groups in total. The summed E-state index contributed by atoms with van der Waals surface area (Å²) in [6, 6.07) is 18.9. The van der Waals surface area contributed by atoms with Gasteiger partial charge < -0.3 is 9.47 Å². The fourth-order valence-corrected chi connectivity index (χ4v) is 6.04. The van der Waals surface area contributed by atoms with Crippen molar-refractivity contribution >= 4 is 61.0 Å². The second kappa shape index (κ2) is 11.3. The van der Waals surface area contributed by atoms with Crippen molar-refractivity contribution in [1.82, 2.24) is 0 Å². The maximum Gasteiger partial charge on any atom is 0.338 e. The first-order valence-corrected chi connectivity index (χ1v) is 14.0. The van der Waals surface area contributed by atoms with Gasteiger partial charge in [-0.2, -0.15) is 0 Å². The van der Waals surface area contributed by atoms with Gasteiger partial charge in [0.1, 0.15) is 18.1 Å². The van der Waals surface area contributed by atoms with Crippen LogP contribution < -0.4 is 9.64 Å². The summed E-state index contributed by atoms with van der Waals surface area (Å²) in [7, 11) is 0. The second-order valence-corrected chi connectivity index (χ2v) is 11.7. The van der Waals surface area contributed by atoms with Crippen molar-refractivity contribution < 1.29 is 28.8 Å². The molecule has 2 amide bonds. The summed E-state index contributed by atoms with van der Waals surface area (Å²) in [6.45, 7) is -0.00801. The van der Waals surface area contributed by atoms with Gasteiger partial charge in [-0.25, -0.2) is 4.79 Å². The lowest BCUT2D eigenvalue weighted by molar-refractivity contribution is -0.384. The number of benzene rings is 3. The highest BCUT2D eigenvalue weighted by atomic mass is 79.9. The first-order chi connectivity index (χ1) is 18.7. The van der Waals surface area contributed by atoms with Crippen molar-refractivity contribution in [1.29, 1.82) is 0 Å². The molecule has 39 heavy (non-hydrogen) atoms. The van der Waals surface area contributed by atoms with Gasteiger partial charge in [-0.3, -0.25) is 24.6 Å². The number of halogens is 2. The molecule has 3 aromatic rings. The molecule has 0 bridgehead atoms. The number of hydrogen-bond donors (Lipinski definition) is 0. The number of rotatable bonds is 7. The Morgan fingerprint density at radius 3 is 2.10 bits per heavy atom. The van der Waals surface area contributed by atoms with Crippen LogP contribution in [0.25, 0.3) is 0 Å². The van der Waals surface area contributed by atoms with Gasteiger partial charge >= 0.3 is 5.97 Å². The maximum absolute atomic E-state index is 13.0. The summed E-state index contributed by atoms with van der Waals surface area (Å²) >= 11 is 7.18. The van der Waals surface area contributed by atoms with Crippen LogP contribution in [0, 0.1) is 22.0 Å². The highest BCUT2D eigenvalue weighted by Gasteiger charge is 2.52. The average molecular weight is 658 g/mol. The first-order valence-electron chi connectivity index (χ1n) is 12.2. The molecule has 1 heterocycles. The number of nitro benzene ring substituents is 1. The summed E-state index contributed by atoms with van der Waals surface area (Å²) in [5.41, 5.74) is 1.37. The van der Waals surface area contributed by atoms with E-state index in [-0.39, 0.29) is 51.2 Å². The fourth-order valence-electron chi connectivity index (χ4n) is 4.80. The van der Waals surface area contributed by atoms with Gasteiger partial charge in [0.15, 0.2) is 0 Å². The molecular formula is C28H22Br2N2O7. The minimum atomic E-state index is -0.555. The monoisotopic (exact) mass is 656 g/mol. The number of fused-ring (bicyclic) bond motifs is 1. The molecule has 0 aromatic heterocycles. The molecule has 0 radical (unpaired) electrons. The van der Waals surface area contributed by atoms with E-state index < -0.39 is 10.9 Å². The molecule has 4 atom stereocenters. The molecule has 2 aliphatic rings. The molecule has 1 saturated heterocycles. The predicted octanol–water partition coefficient (Wildman–Crippen LogP) is 6.17. The van der Waals surface area contributed by atoms with E-state index in [2.05, 4.69) is 31.9 Å². The van der Waals surface area contributed by atoms with E-state index in [1.807, 2.05) is 0 Å². The van der Waals surface area contributed by atoms with Crippen LogP contribution in [0.2, 0.25) is 0 Å². The molecule has 9 nitrogen and oxygen atoms in total. The normalized spacial score (nSPS) is 22.4. The average Bonchev–Trinajstić information content (AvgIpc) is 3.16. The van der Waals surface area contributed by atoms with Crippen molar-refractivity contribution in [2.45, 2.75) is 29.1 Å². The number of carbonyl (C=O) groups is 3. The zero-order valence-corrected chi connectivity index (χ0v) is 23.5. The van der Waals surface area contributed by atoms with E-state index >= 15 is 0 Å². The second-order valence-electron chi connectivity index (χ2n) is 9.35. The predicted molar refractivity (Wildman–Crippen MR) is 149 cm³/mol. The number of amides is 2. The van der Waals surface area contributed by atoms with Gasteiger partial charge in [0.05, 0.1) is 28.0 Å². The van der Waals surface area contributed by atoms with Gasteiger partial charge in [-0.1, -0.05) is 44.0 Å². The number of non-ortho nitro benzene ring substituents is 1. The highest BCUT2D eigenvalue weighted by Crippen LogP contribution is 2.44. The number of esters is 1. The Balaban J connectivity index is 1.20. The third-order valence-electron chi connectivity index (χ3n) is 6.82. The lowest BCUT2D eigenvalue weighted by Crippen LogP contribution is -2.34. The fraction of sp³-hybridized carbons (Fsp3) is 0.250. The Morgan fingerprint density at radius 2 is 1.51 bits per heavy atom. The van der Waals surface area contributed by atoms with Gasteiger partial charge in [-0.05, 0) is 66.9 Å². The summed E-state index contributed by atoms with van der Waals surface area (Å²) in [6.07, 6.45) is 1.18. The SMILES string of the molecule is O=C(OCc1cccc(Oc2ccc([N+](=O)[O-])cc2)c1)c1ccc(N2C(=O)[C@H]3C[C@@H](Br)[C@@H](Br)C[C@H]3C2=O)cc1. The van der Waals surface area contributed by atoms with E-state index in [4.69, 9.17) is 9.47 Å². The summed E-state index contributed by atoms with van der Waals surface area (Å²) in [5, 5.41) is 10.8. The number of hydrogen-bond acceptors (Lipinski definition) is 7. The van der Waals surface area contributed by atoms with Crippen LogP contribution in [0.1, 0.15) is 28.8 Å². The maximum atomic E-state index is 13.0. The first kappa shape index (κ1) is 27.0. The van der Waals surface area contributed by atoms with E-state index in [0.717, 1.165) is 0 Å². The molecule has 3 aromatic carbocycles. The van der Waals surface area contributed by atoms with Gasteiger partial charge in [-0.15, -0.1) is 0 Å². The zero-order chi connectivity index (χ0) is 27.7. The summed E-state index contributed by atoms with van der Waals surface area (Å²) < 4.78 is 11.2. The Kier molecular flexibility index (Phi) is 7.81. The molecule has 0 unspecified atom stereocenters. The van der Waals surface area contributed by atoms with Crippen LogP contribution in [-0.4, -0.2) is 32.4 Å². The molecule has 200 valence electrons. The van der Waals surface area contributed by atoms with Crippen molar-refractivity contribution in [2.75, 3.05) is 4.90 Å². The molecule has 0 spiro atoms. The van der Waals surface area contributed by atoms with E-state index in [1.54, 1.807) is 36.4 Å². The van der Waals surface area contributed by atoms with Crippen molar-refractivity contribution in [3.05, 3.63) is 94.0 Å². The molecule has 5 rings (SSSR count). The summed E-state index contributed by atoms with van der Waals surface area (Å²) in [4.78, 5) is 50.5. The van der Waals surface area contributed by atoms with Gasteiger partial charge in [0, 0.05) is 21.8 Å². The Morgan fingerprint density at radius 1 is 0.897 bits per heavy atom. The molecule has 1 saturated carbocycles. The van der Waals surface area contributed by atoms with Crippen LogP contribution in [0.5, 0.6) is 11.5 Å². The smallest absolute Gasteiger partial charge is 0.338 e.